The molecule has 0 radical (unpaired) electrons. The molecule has 0 aliphatic heterocycles. The van der Waals surface area contributed by atoms with Crippen molar-refractivity contribution in [3.05, 3.63) is 12.2 Å². The highest BCUT2D eigenvalue weighted by Crippen LogP contribution is 2.02. The van der Waals surface area contributed by atoms with Crippen molar-refractivity contribution in [1.82, 2.24) is 0 Å². The largest absolute Gasteiger partial charge is 0.396 e. The highest BCUT2D eigenvalue weighted by atomic mass is 16.2. The molecule has 0 fully saturated rings. The predicted octanol–water partition coefficient (Wildman–Crippen LogP) is 5.69. The SMILES string of the molecule is C=C(C)C(C)C.CC.CC.CC.CCCO. The molecule has 0 aliphatic rings. The number of aliphatic hydroxyl groups excluding tert-OH is 1. The first-order chi connectivity index (χ1) is 7.56. The van der Waals surface area contributed by atoms with Gasteiger partial charge < -0.3 is 5.11 Å². The van der Waals surface area contributed by atoms with Crippen LogP contribution in [-0.4, -0.2) is 11.7 Å². The zero-order valence-electron chi connectivity index (χ0n) is 13.6. The molecule has 16 heavy (non-hydrogen) atoms. The van der Waals surface area contributed by atoms with Crippen LogP contribution in [0.15, 0.2) is 12.2 Å². The van der Waals surface area contributed by atoms with Crippen LogP contribution in [0.5, 0.6) is 0 Å². The highest BCUT2D eigenvalue weighted by molar-refractivity contribution is 4.90. The molecule has 0 aliphatic carbocycles. The topological polar surface area (TPSA) is 20.2 Å². The van der Waals surface area contributed by atoms with Gasteiger partial charge in [-0.3, -0.25) is 0 Å². The van der Waals surface area contributed by atoms with Gasteiger partial charge in [0.1, 0.15) is 0 Å². The summed E-state index contributed by atoms with van der Waals surface area (Å²) in [4.78, 5) is 0. The average Bonchev–Trinajstić information content (AvgIpc) is 2.36. The molecule has 104 valence electrons. The van der Waals surface area contributed by atoms with Gasteiger partial charge in [0, 0.05) is 6.61 Å². The Kier molecular flexibility index (Phi) is 86.2. The normalized spacial score (nSPS) is 6.50. The maximum Gasteiger partial charge on any atom is 0.0428 e. The van der Waals surface area contributed by atoms with E-state index in [0.29, 0.717) is 12.5 Å². The van der Waals surface area contributed by atoms with Gasteiger partial charge in [0.25, 0.3) is 0 Å². The molecule has 1 N–H and O–H groups in total. The fourth-order valence-corrected chi connectivity index (χ4v) is 0. The third-order valence-corrected chi connectivity index (χ3v) is 1.21. The van der Waals surface area contributed by atoms with E-state index in [9.17, 15) is 0 Å². The zero-order valence-corrected chi connectivity index (χ0v) is 13.6. The van der Waals surface area contributed by atoms with Crippen molar-refractivity contribution < 1.29 is 5.11 Å². The fraction of sp³-hybridized carbons (Fsp3) is 0.867. The van der Waals surface area contributed by atoms with E-state index >= 15 is 0 Å². The second kappa shape index (κ2) is 46.5. The molecule has 0 atom stereocenters. The van der Waals surface area contributed by atoms with Crippen molar-refractivity contribution in [3.8, 4) is 0 Å². The van der Waals surface area contributed by atoms with Gasteiger partial charge in [0.2, 0.25) is 0 Å². The van der Waals surface area contributed by atoms with E-state index in [4.69, 9.17) is 5.11 Å². The Bertz CT molecular complexity index is 73.5. The minimum atomic E-state index is 0.319. The minimum Gasteiger partial charge on any atom is -0.396 e. The van der Waals surface area contributed by atoms with E-state index in [1.54, 1.807) is 0 Å². The summed E-state index contributed by atoms with van der Waals surface area (Å²) in [7, 11) is 0. The average molecular weight is 234 g/mol. The number of rotatable bonds is 2. The third-order valence-electron chi connectivity index (χ3n) is 1.21. The molecule has 0 aromatic heterocycles. The van der Waals surface area contributed by atoms with Crippen molar-refractivity contribution in [2.75, 3.05) is 6.61 Å². The summed E-state index contributed by atoms with van der Waals surface area (Å²) >= 11 is 0. The predicted molar refractivity (Wildman–Crippen MR) is 81.1 cm³/mol. The van der Waals surface area contributed by atoms with Crippen LogP contribution in [0.2, 0.25) is 0 Å². The summed E-state index contributed by atoms with van der Waals surface area (Å²) in [5.41, 5.74) is 1.26. The van der Waals surface area contributed by atoms with Gasteiger partial charge in [-0.1, -0.05) is 74.5 Å². The molecule has 0 unspecified atom stereocenters. The molecule has 1 heteroatoms. The van der Waals surface area contributed by atoms with E-state index in [1.165, 1.54) is 5.57 Å². The maximum atomic E-state index is 7.88. The monoisotopic (exact) mass is 234 g/mol. The molecule has 0 amide bonds. The molecule has 1 nitrogen and oxygen atoms in total. The van der Waals surface area contributed by atoms with Crippen molar-refractivity contribution in [2.24, 2.45) is 5.92 Å². The minimum absolute atomic E-state index is 0.319. The van der Waals surface area contributed by atoms with Crippen LogP contribution in [0.1, 0.15) is 75.7 Å². The van der Waals surface area contributed by atoms with Crippen LogP contribution in [0, 0.1) is 5.92 Å². The van der Waals surface area contributed by atoms with Gasteiger partial charge >= 0.3 is 0 Å². The Morgan fingerprint density at radius 2 is 1.12 bits per heavy atom. The van der Waals surface area contributed by atoms with Gasteiger partial charge in [-0.05, 0) is 19.3 Å². The van der Waals surface area contributed by atoms with Crippen LogP contribution in [0.3, 0.4) is 0 Å². The summed E-state index contributed by atoms with van der Waals surface area (Å²) in [5.74, 6) is 0.657. The molecule has 0 saturated carbocycles. The first-order valence-corrected chi connectivity index (χ1v) is 6.82. The van der Waals surface area contributed by atoms with E-state index in [2.05, 4.69) is 20.4 Å². The Morgan fingerprint density at radius 1 is 1.00 bits per heavy atom. The van der Waals surface area contributed by atoms with Gasteiger partial charge in [-0.25, -0.2) is 0 Å². The first kappa shape index (κ1) is 29.6. The quantitative estimate of drug-likeness (QED) is 0.609. The lowest BCUT2D eigenvalue weighted by Crippen LogP contribution is -1.83. The maximum absolute atomic E-state index is 7.88. The van der Waals surface area contributed by atoms with Gasteiger partial charge in [-0.2, -0.15) is 0 Å². The van der Waals surface area contributed by atoms with E-state index in [0.717, 1.165) is 6.42 Å². The molecule has 0 saturated heterocycles. The standard InChI is InChI=1S/C6H12.C3H8O.3C2H6/c1-5(2)6(3)4;1-2-3-4;3*1-2/h6H,1H2,2-4H3;4H,2-3H2,1H3;3*1-2H3. The van der Waals surface area contributed by atoms with Crippen LogP contribution >= 0.6 is 0 Å². The Balaban J connectivity index is -0.0000000354. The summed E-state index contributed by atoms with van der Waals surface area (Å²) in [6, 6.07) is 0. The number of allylic oxidation sites excluding steroid dienone is 1. The molecular weight excluding hydrogens is 196 g/mol. The Labute approximate surface area is 106 Å². The Hall–Kier alpha value is -0.300. The Morgan fingerprint density at radius 3 is 1.12 bits per heavy atom. The van der Waals surface area contributed by atoms with Crippen LogP contribution in [-0.2, 0) is 0 Å². The fourth-order valence-electron chi connectivity index (χ4n) is 0. The van der Waals surface area contributed by atoms with Crippen molar-refractivity contribution in [3.63, 3.8) is 0 Å². The molecule has 0 bridgehead atoms. The number of hydrogen-bond donors (Lipinski definition) is 1. The molecule has 0 heterocycles. The molecule has 0 spiro atoms. The lowest BCUT2D eigenvalue weighted by atomic mass is 10.1. The number of hydrogen-bond acceptors (Lipinski definition) is 1. The van der Waals surface area contributed by atoms with E-state index in [-0.39, 0.29) is 0 Å². The van der Waals surface area contributed by atoms with Gasteiger partial charge in [0.15, 0.2) is 0 Å². The molecular formula is C15H38O. The van der Waals surface area contributed by atoms with E-state index in [1.807, 2.05) is 55.4 Å². The lowest BCUT2D eigenvalue weighted by Gasteiger charge is -1.97. The second-order valence-electron chi connectivity index (χ2n) is 2.72. The van der Waals surface area contributed by atoms with Crippen molar-refractivity contribution in [2.45, 2.75) is 75.7 Å². The van der Waals surface area contributed by atoms with Crippen LogP contribution in [0.25, 0.3) is 0 Å². The summed E-state index contributed by atoms with van der Waals surface area (Å²) < 4.78 is 0. The smallest absolute Gasteiger partial charge is 0.0428 e. The second-order valence-corrected chi connectivity index (χ2v) is 2.72. The molecule has 0 aromatic carbocycles. The van der Waals surface area contributed by atoms with Gasteiger partial charge in [0.05, 0.1) is 0 Å². The van der Waals surface area contributed by atoms with Crippen molar-refractivity contribution in [1.29, 1.82) is 0 Å². The molecule has 0 rings (SSSR count). The van der Waals surface area contributed by atoms with Crippen LogP contribution < -0.4 is 0 Å². The molecule has 0 aromatic rings. The lowest BCUT2D eigenvalue weighted by molar-refractivity contribution is 0.295. The van der Waals surface area contributed by atoms with Crippen molar-refractivity contribution >= 4 is 0 Å². The third kappa shape index (κ3) is 100. The summed E-state index contributed by atoms with van der Waals surface area (Å²) in [5, 5.41) is 7.88. The van der Waals surface area contributed by atoms with E-state index < -0.39 is 0 Å². The highest BCUT2D eigenvalue weighted by Gasteiger charge is 1.87. The zero-order chi connectivity index (χ0) is 14.6. The first-order valence-electron chi connectivity index (χ1n) is 6.82. The summed E-state index contributed by atoms with van der Waals surface area (Å²) in [6.45, 7) is 24.3. The van der Waals surface area contributed by atoms with Crippen LogP contribution in [0.4, 0.5) is 0 Å². The number of aliphatic hydroxyl groups is 1. The van der Waals surface area contributed by atoms with Gasteiger partial charge in [-0.15, -0.1) is 0 Å². The summed E-state index contributed by atoms with van der Waals surface area (Å²) in [6.07, 6.45) is 0.875.